The Morgan fingerprint density at radius 2 is 1.90 bits per heavy atom. The van der Waals surface area contributed by atoms with E-state index in [-0.39, 0.29) is 29.8 Å². The van der Waals surface area contributed by atoms with Gasteiger partial charge in [0, 0.05) is 16.5 Å². The van der Waals surface area contributed by atoms with Crippen molar-refractivity contribution in [3.05, 3.63) is 56.5 Å². The standard InChI is InChI=1S/C19H20N2O7S/c1-3-13-10-14(19(24)27-4-2)18(29-13)20-16(22)11-28-17(23)9-12-7-5-6-8-15(12)21(25)26/h5-8,10H,3-4,9,11H2,1-2H3,(H,20,22). The van der Waals surface area contributed by atoms with Gasteiger partial charge in [-0.2, -0.15) is 0 Å². The number of hydrogen-bond donors (Lipinski definition) is 1. The maximum atomic E-state index is 12.1. The quantitative estimate of drug-likeness (QED) is 0.375. The maximum Gasteiger partial charge on any atom is 0.341 e. The molecule has 1 amide bonds. The lowest BCUT2D eigenvalue weighted by molar-refractivity contribution is -0.385. The molecule has 2 aromatic rings. The molecular weight excluding hydrogens is 400 g/mol. The molecule has 29 heavy (non-hydrogen) atoms. The second kappa shape index (κ2) is 10.3. The van der Waals surface area contributed by atoms with Crippen molar-refractivity contribution in [3.63, 3.8) is 0 Å². The second-order valence-electron chi connectivity index (χ2n) is 5.80. The highest BCUT2D eigenvalue weighted by molar-refractivity contribution is 7.16. The summed E-state index contributed by atoms with van der Waals surface area (Å²) in [6.07, 6.45) is 0.343. The van der Waals surface area contributed by atoms with Crippen LogP contribution < -0.4 is 5.32 Å². The van der Waals surface area contributed by atoms with Gasteiger partial charge in [-0.25, -0.2) is 4.79 Å². The maximum absolute atomic E-state index is 12.1. The predicted octanol–water partition coefficient (Wildman–Crippen LogP) is 3.12. The summed E-state index contributed by atoms with van der Waals surface area (Å²) in [5.74, 6) is -1.96. The third kappa shape index (κ3) is 6.11. The third-order valence-corrected chi connectivity index (χ3v) is 4.96. The van der Waals surface area contributed by atoms with E-state index in [1.54, 1.807) is 19.1 Å². The summed E-state index contributed by atoms with van der Waals surface area (Å²) in [5.41, 5.74) is 0.241. The highest BCUT2D eigenvalue weighted by atomic mass is 32.1. The van der Waals surface area contributed by atoms with Crippen molar-refractivity contribution in [2.24, 2.45) is 0 Å². The summed E-state index contributed by atoms with van der Waals surface area (Å²) >= 11 is 1.24. The van der Waals surface area contributed by atoms with Crippen LogP contribution in [0.25, 0.3) is 0 Å². The number of esters is 2. The van der Waals surface area contributed by atoms with Crippen LogP contribution in [-0.4, -0.2) is 36.0 Å². The topological polar surface area (TPSA) is 125 Å². The van der Waals surface area contributed by atoms with Gasteiger partial charge in [-0.05, 0) is 19.4 Å². The first-order valence-electron chi connectivity index (χ1n) is 8.83. The number of para-hydroxylation sites is 1. The van der Waals surface area contributed by atoms with Gasteiger partial charge in [-0.3, -0.25) is 19.7 Å². The van der Waals surface area contributed by atoms with Crippen LogP contribution >= 0.6 is 11.3 Å². The lowest BCUT2D eigenvalue weighted by atomic mass is 10.1. The molecule has 0 aliphatic carbocycles. The van der Waals surface area contributed by atoms with Crippen molar-refractivity contribution >= 4 is 39.9 Å². The Morgan fingerprint density at radius 3 is 2.55 bits per heavy atom. The summed E-state index contributed by atoms with van der Waals surface area (Å²) in [7, 11) is 0. The van der Waals surface area contributed by atoms with Crippen LogP contribution in [0.1, 0.15) is 34.6 Å². The molecule has 0 saturated carbocycles. The number of hydrogen-bond acceptors (Lipinski definition) is 8. The van der Waals surface area contributed by atoms with E-state index in [1.165, 1.54) is 29.5 Å². The van der Waals surface area contributed by atoms with Crippen LogP contribution in [0.5, 0.6) is 0 Å². The van der Waals surface area contributed by atoms with Gasteiger partial charge in [0.05, 0.1) is 23.5 Å². The van der Waals surface area contributed by atoms with Gasteiger partial charge >= 0.3 is 11.9 Å². The largest absolute Gasteiger partial charge is 0.462 e. The highest BCUT2D eigenvalue weighted by Gasteiger charge is 2.20. The number of carbonyl (C=O) groups excluding carboxylic acids is 3. The average Bonchev–Trinajstić information content (AvgIpc) is 3.10. The number of thiophene rings is 1. The summed E-state index contributed by atoms with van der Waals surface area (Å²) in [4.78, 5) is 47.4. The number of benzene rings is 1. The summed E-state index contributed by atoms with van der Waals surface area (Å²) in [5, 5.41) is 13.9. The Kier molecular flexibility index (Phi) is 7.84. The minimum atomic E-state index is -0.777. The molecule has 1 heterocycles. The van der Waals surface area contributed by atoms with E-state index >= 15 is 0 Å². The Hall–Kier alpha value is -3.27. The molecule has 10 heteroatoms. The fraction of sp³-hybridized carbons (Fsp3) is 0.316. The molecule has 154 valence electrons. The molecule has 9 nitrogen and oxygen atoms in total. The molecule has 0 bridgehead atoms. The first-order chi connectivity index (χ1) is 13.8. The lowest BCUT2D eigenvalue weighted by Crippen LogP contribution is -2.22. The number of carbonyl (C=O) groups is 3. The van der Waals surface area contributed by atoms with Gasteiger partial charge in [0.1, 0.15) is 5.00 Å². The molecule has 0 aliphatic heterocycles. The number of nitrogens with zero attached hydrogens (tertiary/aromatic N) is 1. The van der Waals surface area contributed by atoms with E-state index in [4.69, 9.17) is 9.47 Å². The highest BCUT2D eigenvalue weighted by Crippen LogP contribution is 2.29. The minimum absolute atomic E-state index is 0.193. The van der Waals surface area contributed by atoms with Crippen LogP contribution in [0.3, 0.4) is 0 Å². The number of amides is 1. The van der Waals surface area contributed by atoms with Crippen molar-refractivity contribution in [1.82, 2.24) is 0 Å². The van der Waals surface area contributed by atoms with Gasteiger partial charge in [-0.15, -0.1) is 11.3 Å². The number of anilines is 1. The number of nitrogens with one attached hydrogen (secondary N) is 1. The number of ether oxygens (including phenoxy) is 2. The van der Waals surface area contributed by atoms with Gasteiger partial charge in [-0.1, -0.05) is 25.1 Å². The van der Waals surface area contributed by atoms with Gasteiger partial charge in [0.15, 0.2) is 6.61 Å². The van der Waals surface area contributed by atoms with E-state index in [2.05, 4.69) is 5.32 Å². The number of nitro benzene ring substituents is 1. The van der Waals surface area contributed by atoms with E-state index in [1.807, 2.05) is 6.92 Å². The van der Waals surface area contributed by atoms with Crippen LogP contribution in [-0.2, 0) is 31.9 Å². The van der Waals surface area contributed by atoms with Gasteiger partial charge in [0.2, 0.25) is 0 Å². The smallest absolute Gasteiger partial charge is 0.341 e. The van der Waals surface area contributed by atoms with Crippen molar-refractivity contribution in [3.8, 4) is 0 Å². The molecule has 0 unspecified atom stereocenters. The molecule has 2 rings (SSSR count). The predicted molar refractivity (Wildman–Crippen MR) is 106 cm³/mol. The van der Waals surface area contributed by atoms with Crippen molar-refractivity contribution < 1.29 is 28.8 Å². The zero-order valence-corrected chi connectivity index (χ0v) is 16.7. The van der Waals surface area contributed by atoms with Crippen LogP contribution in [0.4, 0.5) is 10.7 Å². The summed E-state index contributed by atoms with van der Waals surface area (Å²) < 4.78 is 9.89. The summed E-state index contributed by atoms with van der Waals surface area (Å²) in [6, 6.07) is 7.45. The van der Waals surface area contributed by atoms with E-state index in [0.29, 0.717) is 11.4 Å². The zero-order valence-electron chi connectivity index (χ0n) is 15.9. The molecule has 0 fully saturated rings. The average molecular weight is 420 g/mol. The van der Waals surface area contributed by atoms with Crippen molar-refractivity contribution in [1.29, 1.82) is 0 Å². The molecule has 1 aromatic carbocycles. The van der Waals surface area contributed by atoms with Gasteiger partial charge in [0.25, 0.3) is 11.6 Å². The first kappa shape index (κ1) is 22.0. The molecule has 0 atom stereocenters. The van der Waals surface area contributed by atoms with Gasteiger partial charge < -0.3 is 14.8 Å². The Bertz CT molecular complexity index is 923. The molecular formula is C19H20N2O7S. The molecule has 0 radical (unpaired) electrons. The molecule has 0 spiro atoms. The molecule has 0 aliphatic rings. The minimum Gasteiger partial charge on any atom is -0.462 e. The van der Waals surface area contributed by atoms with Crippen molar-refractivity contribution in [2.75, 3.05) is 18.5 Å². The van der Waals surface area contributed by atoms with E-state index in [0.717, 1.165) is 4.88 Å². The van der Waals surface area contributed by atoms with E-state index in [9.17, 15) is 24.5 Å². The monoisotopic (exact) mass is 420 g/mol. The first-order valence-corrected chi connectivity index (χ1v) is 9.64. The second-order valence-corrected chi connectivity index (χ2v) is 6.94. The Morgan fingerprint density at radius 1 is 1.17 bits per heavy atom. The Balaban J connectivity index is 1.97. The number of nitro groups is 1. The zero-order chi connectivity index (χ0) is 21.4. The Labute approximate surface area is 170 Å². The van der Waals surface area contributed by atoms with Crippen LogP contribution in [0.2, 0.25) is 0 Å². The SMILES string of the molecule is CCOC(=O)c1cc(CC)sc1NC(=O)COC(=O)Cc1ccccc1[N+](=O)[O-]. The molecule has 1 N–H and O–H groups in total. The van der Waals surface area contributed by atoms with Crippen molar-refractivity contribution in [2.45, 2.75) is 26.7 Å². The normalized spacial score (nSPS) is 10.3. The fourth-order valence-corrected chi connectivity index (χ4v) is 3.42. The molecule has 1 aromatic heterocycles. The number of aryl methyl sites for hydroxylation is 1. The third-order valence-electron chi connectivity index (χ3n) is 3.77. The van der Waals surface area contributed by atoms with Crippen LogP contribution in [0.15, 0.2) is 30.3 Å². The molecule has 0 saturated heterocycles. The number of rotatable bonds is 9. The summed E-state index contributed by atoms with van der Waals surface area (Å²) in [6.45, 7) is 3.21. The van der Waals surface area contributed by atoms with E-state index < -0.39 is 29.4 Å². The van der Waals surface area contributed by atoms with Crippen LogP contribution in [0, 0.1) is 10.1 Å². The fourth-order valence-electron chi connectivity index (χ4n) is 2.42. The lowest BCUT2D eigenvalue weighted by Gasteiger charge is -2.07.